The lowest BCUT2D eigenvalue weighted by Crippen LogP contribution is -2.50. The van der Waals surface area contributed by atoms with Crippen molar-refractivity contribution in [3.05, 3.63) is 47.9 Å². The highest BCUT2D eigenvalue weighted by Crippen LogP contribution is 2.49. The molecule has 1 unspecified atom stereocenters. The molecule has 0 amide bonds. The van der Waals surface area contributed by atoms with Gasteiger partial charge in [-0.25, -0.2) is 15.0 Å². The molecule has 1 aliphatic heterocycles. The fourth-order valence-electron chi connectivity index (χ4n) is 5.42. The summed E-state index contributed by atoms with van der Waals surface area (Å²) < 4.78 is 8.52. The third-order valence-electron chi connectivity index (χ3n) is 8.03. The van der Waals surface area contributed by atoms with Crippen molar-refractivity contribution in [2.45, 2.75) is 71.9 Å². The van der Waals surface area contributed by atoms with Gasteiger partial charge in [0.2, 0.25) is 0 Å². The maximum absolute atomic E-state index is 6.39. The van der Waals surface area contributed by atoms with Crippen molar-refractivity contribution in [1.29, 1.82) is 0 Å². The van der Waals surface area contributed by atoms with Crippen molar-refractivity contribution in [3.8, 4) is 0 Å². The largest absolute Gasteiger partial charge is 0.375 e. The molecule has 0 bridgehead atoms. The first-order valence-corrected chi connectivity index (χ1v) is 12.0. The molecular formula is C26H38N6O. The molecule has 4 heterocycles. The van der Waals surface area contributed by atoms with Gasteiger partial charge in [0.25, 0.3) is 0 Å². The Hall–Kier alpha value is -2.38. The van der Waals surface area contributed by atoms with E-state index in [-0.39, 0.29) is 16.6 Å². The first-order valence-electron chi connectivity index (χ1n) is 12.0. The number of hydrogen-bond donors (Lipinski definition) is 0. The SMILES string of the molecule is CCOC(C)(C)C1(CCc2nc3ncncc3n2C)CCN(C(C)(C)c2ccc(C)nc2)C1. The lowest BCUT2D eigenvalue weighted by atomic mass is 9.69. The summed E-state index contributed by atoms with van der Waals surface area (Å²) in [5, 5.41) is 0. The van der Waals surface area contributed by atoms with Gasteiger partial charge in [-0.15, -0.1) is 0 Å². The van der Waals surface area contributed by atoms with Crippen LogP contribution in [0.4, 0.5) is 0 Å². The zero-order valence-electron chi connectivity index (χ0n) is 21.2. The highest BCUT2D eigenvalue weighted by molar-refractivity contribution is 5.69. The van der Waals surface area contributed by atoms with E-state index in [1.165, 1.54) is 5.56 Å². The minimum absolute atomic E-state index is 0.0161. The highest BCUT2D eigenvalue weighted by Gasteiger charge is 2.52. The van der Waals surface area contributed by atoms with E-state index >= 15 is 0 Å². The van der Waals surface area contributed by atoms with Crippen LogP contribution in [0.5, 0.6) is 0 Å². The molecule has 0 spiro atoms. The van der Waals surface area contributed by atoms with Gasteiger partial charge in [-0.1, -0.05) is 6.07 Å². The molecule has 1 aliphatic rings. The minimum Gasteiger partial charge on any atom is -0.375 e. The number of fused-ring (bicyclic) bond motifs is 1. The Morgan fingerprint density at radius 1 is 1.12 bits per heavy atom. The molecule has 0 radical (unpaired) electrons. The van der Waals surface area contributed by atoms with Crippen molar-refractivity contribution in [2.75, 3.05) is 19.7 Å². The Kier molecular flexibility index (Phi) is 6.31. The van der Waals surface area contributed by atoms with Gasteiger partial charge in [-0.2, -0.15) is 0 Å². The summed E-state index contributed by atoms with van der Waals surface area (Å²) >= 11 is 0. The molecule has 3 aromatic heterocycles. The summed E-state index contributed by atoms with van der Waals surface area (Å²) in [4.78, 5) is 20.5. The zero-order chi connectivity index (χ0) is 23.9. The molecule has 7 heteroatoms. The molecule has 0 N–H and O–H groups in total. The first kappa shape index (κ1) is 23.8. The monoisotopic (exact) mass is 450 g/mol. The molecule has 7 nitrogen and oxygen atoms in total. The number of imidazole rings is 1. The standard InChI is InChI=1S/C26H38N6O/c1-8-33-25(5,6)26(12-11-22-30-23-21(31(22)7)16-27-18-29-23)13-14-32(17-26)24(3,4)20-10-9-19(2)28-15-20/h9-10,15-16,18H,8,11-14,17H2,1-7H3. The second-order valence-corrected chi connectivity index (χ2v) is 10.5. The van der Waals surface area contributed by atoms with Crippen LogP contribution in [-0.4, -0.2) is 54.7 Å². The summed E-state index contributed by atoms with van der Waals surface area (Å²) in [5.74, 6) is 1.05. The Balaban J connectivity index is 1.61. The van der Waals surface area contributed by atoms with Crippen molar-refractivity contribution in [3.63, 3.8) is 0 Å². The average Bonchev–Trinajstić information content (AvgIpc) is 3.36. The van der Waals surface area contributed by atoms with Crippen LogP contribution in [0, 0.1) is 12.3 Å². The lowest BCUT2D eigenvalue weighted by molar-refractivity contribution is -0.110. The van der Waals surface area contributed by atoms with Gasteiger partial charge in [0.05, 0.1) is 11.8 Å². The Morgan fingerprint density at radius 2 is 1.91 bits per heavy atom. The smallest absolute Gasteiger partial charge is 0.180 e. The summed E-state index contributed by atoms with van der Waals surface area (Å²) in [7, 11) is 2.06. The van der Waals surface area contributed by atoms with Crippen molar-refractivity contribution >= 4 is 11.2 Å². The van der Waals surface area contributed by atoms with E-state index in [1.807, 2.05) is 19.3 Å². The number of hydrogen-bond acceptors (Lipinski definition) is 6. The molecule has 0 aliphatic carbocycles. The predicted molar refractivity (Wildman–Crippen MR) is 131 cm³/mol. The minimum atomic E-state index is -0.248. The maximum atomic E-state index is 6.39. The van der Waals surface area contributed by atoms with Crippen molar-refractivity contribution < 1.29 is 4.74 Å². The van der Waals surface area contributed by atoms with Crippen LogP contribution in [0.2, 0.25) is 0 Å². The predicted octanol–water partition coefficient (Wildman–Crippen LogP) is 4.44. The van der Waals surface area contributed by atoms with Gasteiger partial charge in [0, 0.05) is 49.5 Å². The number of rotatable bonds is 8. The van der Waals surface area contributed by atoms with Gasteiger partial charge in [0.15, 0.2) is 5.65 Å². The van der Waals surface area contributed by atoms with E-state index < -0.39 is 0 Å². The Morgan fingerprint density at radius 3 is 2.58 bits per heavy atom. The van der Waals surface area contributed by atoms with Crippen LogP contribution in [0.3, 0.4) is 0 Å². The second kappa shape index (κ2) is 8.76. The quantitative estimate of drug-likeness (QED) is 0.505. The van der Waals surface area contributed by atoms with E-state index in [9.17, 15) is 0 Å². The summed E-state index contributed by atoms with van der Waals surface area (Å²) in [6.07, 6.45) is 8.41. The fourth-order valence-corrected chi connectivity index (χ4v) is 5.42. The van der Waals surface area contributed by atoms with Crippen LogP contribution in [0.15, 0.2) is 30.9 Å². The fraction of sp³-hybridized carbons (Fsp3) is 0.615. The Bertz CT molecular complexity index is 1100. The molecule has 1 fully saturated rings. The highest BCUT2D eigenvalue weighted by atomic mass is 16.5. The number of aryl methyl sites for hydroxylation is 3. The number of nitrogens with zero attached hydrogens (tertiary/aromatic N) is 6. The number of likely N-dealkylation sites (tertiary alicyclic amines) is 1. The van der Waals surface area contributed by atoms with E-state index in [4.69, 9.17) is 9.72 Å². The zero-order valence-corrected chi connectivity index (χ0v) is 21.2. The average molecular weight is 451 g/mol. The molecule has 1 saturated heterocycles. The van der Waals surface area contributed by atoms with Crippen LogP contribution in [0.25, 0.3) is 11.2 Å². The second-order valence-electron chi connectivity index (χ2n) is 10.5. The molecule has 0 aromatic carbocycles. The molecule has 178 valence electrons. The van der Waals surface area contributed by atoms with Crippen molar-refractivity contribution in [1.82, 2.24) is 29.4 Å². The molecular weight excluding hydrogens is 412 g/mol. The van der Waals surface area contributed by atoms with Crippen LogP contribution in [-0.2, 0) is 23.7 Å². The Labute approximate surface area is 197 Å². The van der Waals surface area contributed by atoms with Gasteiger partial charge in [-0.05, 0) is 72.6 Å². The summed E-state index contributed by atoms with van der Waals surface area (Å²) in [6, 6.07) is 4.33. The van der Waals surface area contributed by atoms with Gasteiger partial charge >= 0.3 is 0 Å². The van der Waals surface area contributed by atoms with Crippen LogP contribution < -0.4 is 0 Å². The van der Waals surface area contributed by atoms with Gasteiger partial charge in [-0.3, -0.25) is 9.88 Å². The molecule has 1 atom stereocenters. The summed E-state index contributed by atoms with van der Waals surface area (Å²) in [5.41, 5.74) is 3.72. The van der Waals surface area contributed by atoms with Crippen LogP contribution in [0.1, 0.15) is 64.5 Å². The van der Waals surface area contributed by atoms with Gasteiger partial charge in [0.1, 0.15) is 17.7 Å². The molecule has 3 aromatic rings. The van der Waals surface area contributed by atoms with Gasteiger partial charge < -0.3 is 9.30 Å². The molecule has 4 rings (SSSR count). The third kappa shape index (κ3) is 4.28. The van der Waals surface area contributed by atoms with E-state index in [0.29, 0.717) is 6.61 Å². The topological polar surface area (TPSA) is 69.0 Å². The van der Waals surface area contributed by atoms with E-state index in [0.717, 1.165) is 55.0 Å². The number of ether oxygens (including phenoxy) is 1. The molecule has 33 heavy (non-hydrogen) atoms. The first-order chi connectivity index (χ1) is 15.6. The normalized spacial score (nSPS) is 20.1. The third-order valence-corrected chi connectivity index (χ3v) is 8.03. The van der Waals surface area contributed by atoms with E-state index in [2.05, 4.69) is 78.2 Å². The van der Waals surface area contributed by atoms with Crippen LogP contribution >= 0.6 is 0 Å². The summed E-state index contributed by atoms with van der Waals surface area (Å²) in [6.45, 7) is 16.0. The lowest BCUT2D eigenvalue weighted by Gasteiger charge is -2.46. The van der Waals surface area contributed by atoms with E-state index in [1.54, 1.807) is 6.33 Å². The number of aromatic nitrogens is 5. The number of pyridine rings is 1. The van der Waals surface area contributed by atoms with Crippen molar-refractivity contribution in [2.24, 2.45) is 12.5 Å². The molecule has 0 saturated carbocycles. The maximum Gasteiger partial charge on any atom is 0.180 e.